The fourth-order valence-electron chi connectivity index (χ4n) is 4.32. The molecule has 0 bridgehead atoms. The molecule has 0 aliphatic carbocycles. The van der Waals surface area contributed by atoms with Crippen molar-refractivity contribution in [1.82, 2.24) is 24.3 Å². The summed E-state index contributed by atoms with van der Waals surface area (Å²) in [6.07, 6.45) is 6.98. The Labute approximate surface area is 203 Å². The first-order valence-corrected chi connectivity index (χ1v) is 11.8. The molecule has 5 rings (SSSR count). The summed E-state index contributed by atoms with van der Waals surface area (Å²) in [5.41, 5.74) is 3.74. The molecular formula is C26H27N7O2. The number of rotatable bonds is 6. The second-order valence-corrected chi connectivity index (χ2v) is 8.63. The van der Waals surface area contributed by atoms with E-state index in [-0.39, 0.29) is 11.8 Å². The topological polar surface area (TPSA) is 107 Å². The van der Waals surface area contributed by atoms with Crippen LogP contribution in [0.1, 0.15) is 48.4 Å². The van der Waals surface area contributed by atoms with E-state index in [2.05, 4.69) is 25.3 Å². The predicted molar refractivity (Wildman–Crippen MR) is 133 cm³/mol. The third-order valence-electron chi connectivity index (χ3n) is 6.24. The van der Waals surface area contributed by atoms with Crippen LogP contribution in [0.15, 0.2) is 67.3 Å². The smallest absolute Gasteiger partial charge is 0.276 e. The molecule has 0 spiro atoms. The Kier molecular flexibility index (Phi) is 6.38. The molecular weight excluding hydrogens is 442 g/mol. The van der Waals surface area contributed by atoms with Gasteiger partial charge in [-0.1, -0.05) is 36.8 Å². The van der Waals surface area contributed by atoms with Gasteiger partial charge in [0.1, 0.15) is 30.2 Å². The molecule has 9 heteroatoms. The fourth-order valence-corrected chi connectivity index (χ4v) is 4.32. The number of imidazole rings is 1. The molecule has 1 unspecified atom stereocenters. The normalized spacial score (nSPS) is 14.0. The number of hydrogen-bond donors (Lipinski definition) is 2. The minimum absolute atomic E-state index is 0.207. The lowest BCUT2D eigenvalue weighted by Crippen LogP contribution is -2.24. The number of aromatic nitrogens is 5. The summed E-state index contributed by atoms with van der Waals surface area (Å²) in [7, 11) is 0. The maximum Gasteiger partial charge on any atom is 0.276 e. The van der Waals surface area contributed by atoms with Crippen molar-refractivity contribution in [3.05, 3.63) is 78.6 Å². The van der Waals surface area contributed by atoms with E-state index < -0.39 is 6.04 Å². The molecule has 9 nitrogen and oxygen atoms in total. The Bertz CT molecular complexity index is 1310. The van der Waals surface area contributed by atoms with Crippen LogP contribution in [0.2, 0.25) is 0 Å². The highest BCUT2D eigenvalue weighted by Crippen LogP contribution is 2.28. The number of hydrogen-bond acceptors (Lipinski definition) is 5. The van der Waals surface area contributed by atoms with E-state index >= 15 is 0 Å². The zero-order valence-electron chi connectivity index (χ0n) is 19.5. The zero-order chi connectivity index (χ0) is 24.2. The van der Waals surface area contributed by atoms with Gasteiger partial charge in [-0.3, -0.25) is 9.59 Å². The van der Waals surface area contributed by atoms with E-state index in [1.807, 2.05) is 30.3 Å². The van der Waals surface area contributed by atoms with Crippen molar-refractivity contribution in [1.29, 1.82) is 0 Å². The largest absolute Gasteiger partial charge is 0.327 e. The van der Waals surface area contributed by atoms with Crippen LogP contribution >= 0.6 is 0 Å². The van der Waals surface area contributed by atoms with Gasteiger partial charge < -0.3 is 15.2 Å². The lowest BCUT2D eigenvalue weighted by Gasteiger charge is -2.12. The highest BCUT2D eigenvalue weighted by molar-refractivity contribution is 6.04. The highest BCUT2D eigenvalue weighted by Gasteiger charge is 2.24. The molecule has 3 heterocycles. The predicted octanol–water partition coefficient (Wildman–Crippen LogP) is 4.32. The quantitative estimate of drug-likeness (QED) is 0.437. The molecule has 35 heavy (non-hydrogen) atoms. The van der Waals surface area contributed by atoms with E-state index in [1.54, 1.807) is 31.2 Å². The first kappa shape index (κ1) is 22.5. The molecule has 1 aliphatic rings. The van der Waals surface area contributed by atoms with E-state index in [0.717, 1.165) is 49.3 Å². The highest BCUT2D eigenvalue weighted by atomic mass is 16.2. The van der Waals surface area contributed by atoms with Gasteiger partial charge in [0.2, 0.25) is 5.91 Å². The van der Waals surface area contributed by atoms with E-state index in [9.17, 15) is 9.59 Å². The van der Waals surface area contributed by atoms with Crippen LogP contribution in [0.5, 0.6) is 0 Å². The van der Waals surface area contributed by atoms with Crippen LogP contribution in [-0.4, -0.2) is 36.1 Å². The summed E-state index contributed by atoms with van der Waals surface area (Å²) in [6, 6.07) is 16.5. The Hall–Kier alpha value is -4.27. The molecule has 1 atom stereocenters. The van der Waals surface area contributed by atoms with Crippen LogP contribution < -0.4 is 10.6 Å². The molecule has 2 N–H and O–H groups in total. The van der Waals surface area contributed by atoms with Crippen LogP contribution in [0.3, 0.4) is 0 Å². The molecule has 2 amide bonds. The number of anilines is 2. The van der Waals surface area contributed by atoms with E-state index in [0.29, 0.717) is 17.1 Å². The SMILES string of the molecule is CC(C(=O)Nc1ccc(NC(=O)c2nc(-c3ccccc3)n3c2CCCCC3)cc1)n1cncn1. The number of benzene rings is 2. The van der Waals surface area contributed by atoms with Gasteiger partial charge in [-0.15, -0.1) is 0 Å². The summed E-state index contributed by atoms with van der Waals surface area (Å²) in [5, 5.41) is 9.83. The van der Waals surface area contributed by atoms with Crippen molar-refractivity contribution in [2.24, 2.45) is 0 Å². The first-order chi connectivity index (χ1) is 17.1. The zero-order valence-corrected chi connectivity index (χ0v) is 19.5. The van der Waals surface area contributed by atoms with Crippen LogP contribution in [0.25, 0.3) is 11.4 Å². The van der Waals surface area contributed by atoms with Crippen LogP contribution in [0.4, 0.5) is 11.4 Å². The third-order valence-corrected chi connectivity index (χ3v) is 6.24. The standard InChI is InChI=1S/C26H27N7O2/c1-18(33-17-27-16-28-33)25(34)29-20-11-13-21(14-12-20)30-26(35)23-22-10-6-3-7-15-32(22)24(31-23)19-8-4-2-5-9-19/h2,4-5,8-9,11-14,16-18H,3,6-7,10,15H2,1H3,(H,29,34)(H,30,35). The number of carbonyl (C=O) groups is 2. The van der Waals surface area contributed by atoms with Crippen molar-refractivity contribution in [3.63, 3.8) is 0 Å². The number of nitrogens with one attached hydrogen (secondary N) is 2. The maximum atomic E-state index is 13.3. The number of amides is 2. The average molecular weight is 470 g/mol. The van der Waals surface area contributed by atoms with Gasteiger partial charge in [-0.05, 0) is 50.5 Å². The average Bonchev–Trinajstić information content (AvgIpc) is 3.48. The molecule has 2 aromatic carbocycles. The molecule has 0 fully saturated rings. The molecule has 0 saturated carbocycles. The second kappa shape index (κ2) is 9.92. The maximum absolute atomic E-state index is 13.3. The third kappa shape index (κ3) is 4.84. The molecule has 0 saturated heterocycles. The van der Waals surface area contributed by atoms with Gasteiger partial charge in [0, 0.05) is 23.5 Å². The lowest BCUT2D eigenvalue weighted by atomic mass is 10.1. The summed E-state index contributed by atoms with van der Waals surface area (Å²) in [6.45, 7) is 2.61. The summed E-state index contributed by atoms with van der Waals surface area (Å²) >= 11 is 0. The van der Waals surface area contributed by atoms with Gasteiger partial charge in [-0.2, -0.15) is 5.10 Å². The van der Waals surface area contributed by atoms with Crippen molar-refractivity contribution in [2.75, 3.05) is 10.6 Å². The lowest BCUT2D eigenvalue weighted by molar-refractivity contribution is -0.119. The Morgan fingerprint density at radius 1 is 0.943 bits per heavy atom. The summed E-state index contributed by atoms with van der Waals surface area (Å²) < 4.78 is 3.69. The Morgan fingerprint density at radius 3 is 2.40 bits per heavy atom. The number of nitrogens with zero attached hydrogens (tertiary/aromatic N) is 5. The van der Waals surface area contributed by atoms with Crippen LogP contribution in [0, 0.1) is 0 Å². The molecule has 4 aromatic rings. The van der Waals surface area contributed by atoms with Crippen molar-refractivity contribution < 1.29 is 9.59 Å². The van der Waals surface area contributed by atoms with Gasteiger partial charge in [0.25, 0.3) is 5.91 Å². The van der Waals surface area contributed by atoms with E-state index in [1.165, 1.54) is 17.3 Å². The fraction of sp³-hybridized carbons (Fsp3) is 0.269. The van der Waals surface area contributed by atoms with Gasteiger partial charge in [0.15, 0.2) is 0 Å². The molecule has 0 radical (unpaired) electrons. The van der Waals surface area contributed by atoms with Gasteiger partial charge in [0.05, 0.1) is 5.69 Å². The molecule has 178 valence electrons. The summed E-state index contributed by atoms with van der Waals surface area (Å²) in [4.78, 5) is 34.4. The van der Waals surface area contributed by atoms with Crippen LogP contribution in [-0.2, 0) is 17.8 Å². The monoisotopic (exact) mass is 469 g/mol. The van der Waals surface area contributed by atoms with Gasteiger partial charge >= 0.3 is 0 Å². The van der Waals surface area contributed by atoms with Crippen molar-refractivity contribution in [3.8, 4) is 11.4 Å². The minimum Gasteiger partial charge on any atom is -0.327 e. The molecule has 2 aromatic heterocycles. The Balaban J connectivity index is 1.32. The minimum atomic E-state index is -0.494. The first-order valence-electron chi connectivity index (χ1n) is 11.8. The summed E-state index contributed by atoms with van der Waals surface area (Å²) in [5.74, 6) is 0.406. The second-order valence-electron chi connectivity index (χ2n) is 8.63. The number of carbonyl (C=O) groups excluding carboxylic acids is 2. The number of fused-ring (bicyclic) bond motifs is 1. The Morgan fingerprint density at radius 2 is 1.69 bits per heavy atom. The van der Waals surface area contributed by atoms with Crippen molar-refractivity contribution >= 4 is 23.2 Å². The molecule has 1 aliphatic heterocycles. The van der Waals surface area contributed by atoms with Crippen molar-refractivity contribution in [2.45, 2.75) is 45.2 Å². The van der Waals surface area contributed by atoms with E-state index in [4.69, 9.17) is 4.98 Å². The van der Waals surface area contributed by atoms with Gasteiger partial charge in [-0.25, -0.2) is 14.6 Å².